The van der Waals surface area contributed by atoms with Crippen molar-refractivity contribution in [2.24, 2.45) is 0 Å². The third-order valence-electron chi connectivity index (χ3n) is 2.75. The van der Waals surface area contributed by atoms with Gasteiger partial charge in [-0.25, -0.2) is 0 Å². The third kappa shape index (κ3) is 2.53. The minimum absolute atomic E-state index is 0.353. The van der Waals surface area contributed by atoms with E-state index >= 15 is 0 Å². The largest absolute Gasteiger partial charge is 0.339 e. The number of carbonyl (C=O) groups excluding carboxylic acids is 2. The van der Waals surface area contributed by atoms with Crippen LogP contribution in [0.5, 0.6) is 0 Å². The molecule has 0 atom stereocenters. The molecule has 1 aromatic heterocycles. The van der Waals surface area contributed by atoms with E-state index in [0.29, 0.717) is 12.8 Å². The zero-order valence-corrected chi connectivity index (χ0v) is 10.4. The fraction of sp³-hybridized carbons (Fsp3) is 0.231. The lowest BCUT2D eigenvalue weighted by molar-refractivity contribution is -0.137. The smallest absolute Gasteiger partial charge is 0.286 e. The SMILES string of the molecule is CN(CCc1csc2ccccc12)C(=O)C=O. The van der Waals surface area contributed by atoms with Crippen LogP contribution in [0.15, 0.2) is 29.6 Å². The number of aldehydes is 1. The lowest BCUT2D eigenvalue weighted by Crippen LogP contribution is -2.29. The van der Waals surface area contributed by atoms with E-state index < -0.39 is 5.91 Å². The highest BCUT2D eigenvalue weighted by Crippen LogP contribution is 2.25. The summed E-state index contributed by atoms with van der Waals surface area (Å²) >= 11 is 1.71. The van der Waals surface area contributed by atoms with Crippen molar-refractivity contribution in [1.29, 1.82) is 0 Å². The second-order valence-electron chi connectivity index (χ2n) is 3.88. The maximum absolute atomic E-state index is 11.1. The Balaban J connectivity index is 2.09. The van der Waals surface area contributed by atoms with Gasteiger partial charge in [-0.05, 0) is 28.8 Å². The van der Waals surface area contributed by atoms with Gasteiger partial charge in [0.05, 0.1) is 0 Å². The van der Waals surface area contributed by atoms with Crippen LogP contribution < -0.4 is 0 Å². The molecule has 0 saturated carbocycles. The van der Waals surface area contributed by atoms with E-state index in [-0.39, 0.29) is 0 Å². The molecule has 0 radical (unpaired) electrons. The van der Waals surface area contributed by atoms with Crippen molar-refractivity contribution < 1.29 is 9.59 Å². The molecule has 0 N–H and O–H groups in total. The summed E-state index contributed by atoms with van der Waals surface area (Å²) < 4.78 is 1.26. The monoisotopic (exact) mass is 247 g/mol. The number of nitrogens with zero attached hydrogens (tertiary/aromatic N) is 1. The summed E-state index contributed by atoms with van der Waals surface area (Å²) in [7, 11) is 1.64. The van der Waals surface area contributed by atoms with Crippen molar-refractivity contribution in [2.75, 3.05) is 13.6 Å². The van der Waals surface area contributed by atoms with Crippen LogP contribution in [-0.4, -0.2) is 30.7 Å². The van der Waals surface area contributed by atoms with Gasteiger partial charge in [0.25, 0.3) is 5.91 Å². The molecule has 1 aromatic carbocycles. The van der Waals surface area contributed by atoms with E-state index in [1.54, 1.807) is 18.4 Å². The predicted molar refractivity (Wildman–Crippen MR) is 69.2 cm³/mol. The number of likely N-dealkylation sites (N-methyl/N-ethyl adjacent to an activating group) is 1. The van der Waals surface area contributed by atoms with Gasteiger partial charge in [0, 0.05) is 18.3 Å². The summed E-state index contributed by atoms with van der Waals surface area (Å²) in [5.41, 5.74) is 1.23. The number of hydrogen-bond acceptors (Lipinski definition) is 3. The fourth-order valence-corrected chi connectivity index (χ4v) is 2.71. The lowest BCUT2D eigenvalue weighted by atomic mass is 10.1. The van der Waals surface area contributed by atoms with Crippen molar-refractivity contribution in [3.63, 3.8) is 0 Å². The zero-order valence-electron chi connectivity index (χ0n) is 9.55. The highest BCUT2D eigenvalue weighted by atomic mass is 32.1. The van der Waals surface area contributed by atoms with Gasteiger partial charge in [-0.2, -0.15) is 0 Å². The Morgan fingerprint density at radius 3 is 2.94 bits per heavy atom. The first-order valence-corrected chi connectivity index (χ1v) is 6.25. The number of rotatable bonds is 4. The van der Waals surface area contributed by atoms with Crippen molar-refractivity contribution in [3.05, 3.63) is 35.2 Å². The first-order chi connectivity index (χ1) is 8.22. The maximum Gasteiger partial charge on any atom is 0.286 e. The molecule has 2 aromatic rings. The van der Waals surface area contributed by atoms with Gasteiger partial charge in [-0.1, -0.05) is 18.2 Å². The van der Waals surface area contributed by atoms with E-state index in [4.69, 9.17) is 0 Å². The third-order valence-corrected chi connectivity index (χ3v) is 3.77. The highest BCUT2D eigenvalue weighted by molar-refractivity contribution is 7.17. The van der Waals surface area contributed by atoms with Gasteiger partial charge in [-0.3, -0.25) is 9.59 Å². The molecule has 17 heavy (non-hydrogen) atoms. The molecule has 0 saturated heterocycles. The molecule has 0 bridgehead atoms. The van der Waals surface area contributed by atoms with E-state index in [9.17, 15) is 9.59 Å². The molecule has 0 aliphatic heterocycles. The van der Waals surface area contributed by atoms with Crippen LogP contribution in [0.2, 0.25) is 0 Å². The van der Waals surface area contributed by atoms with Crippen molar-refractivity contribution in [3.8, 4) is 0 Å². The molecule has 0 fully saturated rings. The van der Waals surface area contributed by atoms with Gasteiger partial charge < -0.3 is 4.90 Å². The minimum Gasteiger partial charge on any atom is -0.339 e. The summed E-state index contributed by atoms with van der Waals surface area (Å²) in [5, 5.41) is 3.36. The van der Waals surface area contributed by atoms with Crippen LogP contribution >= 0.6 is 11.3 Å². The molecular formula is C13H13NO2S. The number of amides is 1. The normalized spacial score (nSPS) is 10.4. The molecule has 0 aliphatic carbocycles. The fourth-order valence-electron chi connectivity index (χ4n) is 1.71. The highest BCUT2D eigenvalue weighted by Gasteiger charge is 2.08. The van der Waals surface area contributed by atoms with E-state index in [1.165, 1.54) is 20.5 Å². The van der Waals surface area contributed by atoms with Gasteiger partial charge in [-0.15, -0.1) is 11.3 Å². The number of carbonyl (C=O) groups is 2. The Morgan fingerprint density at radius 1 is 1.41 bits per heavy atom. The topological polar surface area (TPSA) is 37.4 Å². The van der Waals surface area contributed by atoms with Gasteiger partial charge in [0.2, 0.25) is 6.29 Å². The molecular weight excluding hydrogens is 234 g/mol. The first-order valence-electron chi connectivity index (χ1n) is 5.37. The maximum atomic E-state index is 11.1. The Morgan fingerprint density at radius 2 is 2.18 bits per heavy atom. The number of thiophene rings is 1. The van der Waals surface area contributed by atoms with Crippen LogP contribution in [0.3, 0.4) is 0 Å². The minimum atomic E-state index is -0.468. The number of benzene rings is 1. The molecule has 4 heteroatoms. The average Bonchev–Trinajstić information content (AvgIpc) is 2.78. The summed E-state index contributed by atoms with van der Waals surface area (Å²) in [5.74, 6) is -0.468. The quantitative estimate of drug-likeness (QED) is 0.613. The standard InChI is InChI=1S/C13H13NO2S/c1-14(13(16)8-15)7-6-10-9-17-12-5-3-2-4-11(10)12/h2-5,8-9H,6-7H2,1H3. The zero-order chi connectivity index (χ0) is 12.3. The summed E-state index contributed by atoms with van der Waals surface area (Å²) in [6, 6.07) is 8.20. The van der Waals surface area contributed by atoms with Crippen molar-refractivity contribution in [1.82, 2.24) is 4.90 Å². The summed E-state index contributed by atoms with van der Waals surface area (Å²) in [4.78, 5) is 22.9. The Bertz CT molecular complexity index is 547. The second-order valence-corrected chi connectivity index (χ2v) is 4.80. The number of fused-ring (bicyclic) bond motifs is 1. The molecule has 0 unspecified atom stereocenters. The van der Waals surface area contributed by atoms with E-state index in [0.717, 1.165) is 6.42 Å². The molecule has 0 aliphatic rings. The van der Waals surface area contributed by atoms with Crippen LogP contribution in [0, 0.1) is 0 Å². The Kier molecular flexibility index (Phi) is 3.54. The molecule has 2 rings (SSSR count). The summed E-state index contributed by atoms with van der Waals surface area (Å²) in [6.07, 6.45) is 1.13. The van der Waals surface area contributed by atoms with Gasteiger partial charge in [0.15, 0.2) is 0 Å². The molecule has 3 nitrogen and oxygen atoms in total. The van der Waals surface area contributed by atoms with Gasteiger partial charge in [0.1, 0.15) is 0 Å². The van der Waals surface area contributed by atoms with Crippen LogP contribution in [0.25, 0.3) is 10.1 Å². The van der Waals surface area contributed by atoms with Crippen LogP contribution in [0.1, 0.15) is 5.56 Å². The second kappa shape index (κ2) is 5.10. The Labute approximate surface area is 104 Å². The number of hydrogen-bond donors (Lipinski definition) is 0. The lowest BCUT2D eigenvalue weighted by Gasteiger charge is -2.12. The van der Waals surface area contributed by atoms with E-state index in [2.05, 4.69) is 17.5 Å². The van der Waals surface area contributed by atoms with Gasteiger partial charge >= 0.3 is 0 Å². The van der Waals surface area contributed by atoms with Crippen LogP contribution in [0.4, 0.5) is 0 Å². The average molecular weight is 247 g/mol. The predicted octanol–water partition coefficient (Wildman–Crippen LogP) is 2.10. The van der Waals surface area contributed by atoms with Crippen molar-refractivity contribution >= 4 is 33.6 Å². The molecule has 0 spiro atoms. The first kappa shape index (κ1) is 11.8. The van der Waals surface area contributed by atoms with Crippen LogP contribution in [-0.2, 0) is 16.0 Å². The molecule has 1 heterocycles. The van der Waals surface area contributed by atoms with Crippen molar-refractivity contribution in [2.45, 2.75) is 6.42 Å². The Hall–Kier alpha value is -1.68. The summed E-state index contributed by atoms with van der Waals surface area (Å²) in [6.45, 7) is 0.568. The van der Waals surface area contributed by atoms with E-state index in [1.807, 2.05) is 12.1 Å². The molecule has 88 valence electrons. The molecule has 1 amide bonds.